The molecule has 0 aliphatic heterocycles. The van der Waals surface area contributed by atoms with Crippen molar-refractivity contribution in [3.05, 3.63) is 97.2 Å². The van der Waals surface area contributed by atoms with E-state index in [1.807, 2.05) is 0 Å². The lowest BCUT2D eigenvalue weighted by Gasteiger charge is -2.46. The fraction of sp³-hybridized carbons (Fsp3) is 0.200. The van der Waals surface area contributed by atoms with Crippen LogP contribution in [0.1, 0.15) is 0 Å². The molecule has 0 bridgehead atoms. The van der Waals surface area contributed by atoms with E-state index in [0.29, 0.717) is 22.2 Å². The van der Waals surface area contributed by atoms with Crippen molar-refractivity contribution >= 4 is 8.07 Å². The number of allylic oxidation sites excluding steroid dienone is 16. The molecule has 0 radical (unpaired) electrons. The molecule has 0 nitrogen and oxygen atoms in total. The molecular formula is C20H20Si. The number of hydrogen-bond donors (Lipinski definition) is 0. The summed E-state index contributed by atoms with van der Waals surface area (Å²) in [6.45, 7) is 0. The second-order valence-electron chi connectivity index (χ2n) is 6.18. The van der Waals surface area contributed by atoms with Crippen LogP contribution in [0.25, 0.3) is 0 Å². The van der Waals surface area contributed by atoms with Crippen molar-refractivity contribution in [1.82, 2.24) is 0 Å². The van der Waals surface area contributed by atoms with E-state index in [0.717, 1.165) is 0 Å². The topological polar surface area (TPSA) is 0 Å². The Balaban J connectivity index is 1.88. The molecule has 4 aliphatic carbocycles. The van der Waals surface area contributed by atoms with Crippen molar-refractivity contribution in [2.45, 2.75) is 22.2 Å². The molecular weight excluding hydrogens is 268 g/mol. The van der Waals surface area contributed by atoms with Gasteiger partial charge in [-0.25, -0.2) is 0 Å². The van der Waals surface area contributed by atoms with Gasteiger partial charge in [-0.15, -0.1) is 0 Å². The molecule has 0 heterocycles. The zero-order valence-electron chi connectivity index (χ0n) is 12.0. The van der Waals surface area contributed by atoms with Gasteiger partial charge in [0.15, 0.2) is 0 Å². The summed E-state index contributed by atoms with van der Waals surface area (Å²) in [4.78, 5) is 0. The molecule has 0 fully saturated rings. The van der Waals surface area contributed by atoms with Gasteiger partial charge >= 0.3 is 0 Å². The van der Waals surface area contributed by atoms with Crippen molar-refractivity contribution in [2.24, 2.45) is 0 Å². The highest BCUT2D eigenvalue weighted by molar-refractivity contribution is 6.88. The second kappa shape index (κ2) is 5.16. The third-order valence-electron chi connectivity index (χ3n) is 5.30. The lowest BCUT2D eigenvalue weighted by Crippen LogP contribution is -2.48. The van der Waals surface area contributed by atoms with Crippen LogP contribution >= 0.6 is 0 Å². The molecule has 0 amide bonds. The maximum Gasteiger partial charge on any atom is 0.0967 e. The molecule has 0 unspecified atom stereocenters. The van der Waals surface area contributed by atoms with Crippen LogP contribution in [0.15, 0.2) is 97.2 Å². The molecule has 21 heavy (non-hydrogen) atoms. The molecule has 0 aromatic carbocycles. The minimum absolute atomic E-state index is 0.602. The van der Waals surface area contributed by atoms with E-state index in [1.165, 1.54) is 0 Å². The Morgan fingerprint density at radius 1 is 0.333 bits per heavy atom. The van der Waals surface area contributed by atoms with Gasteiger partial charge in [0, 0.05) is 0 Å². The maximum absolute atomic E-state index is 2.44. The van der Waals surface area contributed by atoms with Gasteiger partial charge in [-0.3, -0.25) is 0 Å². The Hall–Kier alpha value is -1.86. The van der Waals surface area contributed by atoms with Crippen LogP contribution in [0.5, 0.6) is 0 Å². The van der Waals surface area contributed by atoms with Crippen LogP contribution < -0.4 is 0 Å². The Labute approximate surface area is 128 Å². The molecule has 0 saturated carbocycles. The van der Waals surface area contributed by atoms with E-state index in [2.05, 4.69) is 97.2 Å². The molecule has 0 aromatic rings. The van der Waals surface area contributed by atoms with Crippen LogP contribution in [0, 0.1) is 0 Å². The summed E-state index contributed by atoms with van der Waals surface area (Å²) in [5.74, 6) is 0. The van der Waals surface area contributed by atoms with Gasteiger partial charge in [0.05, 0.1) is 8.07 Å². The Bertz CT molecular complexity index is 486. The fourth-order valence-electron chi connectivity index (χ4n) is 4.39. The van der Waals surface area contributed by atoms with E-state index < -0.39 is 8.07 Å². The molecule has 0 saturated heterocycles. The van der Waals surface area contributed by atoms with Gasteiger partial charge in [-0.1, -0.05) is 97.2 Å². The minimum atomic E-state index is -1.76. The summed E-state index contributed by atoms with van der Waals surface area (Å²) in [5.41, 5.74) is 2.41. The van der Waals surface area contributed by atoms with E-state index in [-0.39, 0.29) is 0 Å². The highest BCUT2D eigenvalue weighted by Crippen LogP contribution is 2.57. The predicted octanol–water partition coefficient (Wildman–Crippen LogP) is 5.42. The summed E-state index contributed by atoms with van der Waals surface area (Å²) < 4.78 is 0. The fourth-order valence-corrected chi connectivity index (χ4v) is 10.6. The Morgan fingerprint density at radius 2 is 0.524 bits per heavy atom. The summed E-state index contributed by atoms with van der Waals surface area (Å²) >= 11 is 0. The molecule has 104 valence electrons. The van der Waals surface area contributed by atoms with Gasteiger partial charge in [0.25, 0.3) is 0 Å². The maximum atomic E-state index is 2.44. The predicted molar refractivity (Wildman–Crippen MR) is 93.9 cm³/mol. The quantitative estimate of drug-likeness (QED) is 0.606. The highest BCUT2D eigenvalue weighted by Gasteiger charge is 2.53. The van der Waals surface area contributed by atoms with Gasteiger partial charge < -0.3 is 0 Å². The van der Waals surface area contributed by atoms with E-state index >= 15 is 0 Å². The average molecular weight is 288 g/mol. The molecule has 0 aromatic heterocycles. The number of hydrogen-bond acceptors (Lipinski definition) is 0. The van der Waals surface area contributed by atoms with E-state index in [9.17, 15) is 0 Å². The zero-order chi connectivity index (χ0) is 14.1. The first-order valence-electron chi connectivity index (χ1n) is 7.82. The third-order valence-corrected chi connectivity index (χ3v) is 11.5. The largest absolute Gasteiger partial charge is 0.0967 e. The second-order valence-corrected chi connectivity index (χ2v) is 10.8. The summed E-state index contributed by atoms with van der Waals surface area (Å²) in [6, 6.07) is 0. The molecule has 0 spiro atoms. The first-order valence-corrected chi connectivity index (χ1v) is 10.1. The molecule has 0 atom stereocenters. The van der Waals surface area contributed by atoms with Crippen molar-refractivity contribution in [3.8, 4) is 0 Å². The lowest BCUT2D eigenvalue weighted by molar-refractivity contribution is 1.01. The standard InChI is InChI=1S/C20H20Si/c1-2-10-17(9-1)21(18-11-3-4-12-18,19-13-5-6-14-19)20-15-7-8-16-20/h1-20H. The van der Waals surface area contributed by atoms with Crippen molar-refractivity contribution in [2.75, 3.05) is 0 Å². The Morgan fingerprint density at radius 3 is 0.714 bits per heavy atom. The van der Waals surface area contributed by atoms with E-state index in [4.69, 9.17) is 0 Å². The average Bonchev–Trinajstić information content (AvgIpc) is 3.32. The monoisotopic (exact) mass is 288 g/mol. The van der Waals surface area contributed by atoms with E-state index in [1.54, 1.807) is 0 Å². The molecule has 4 aliphatic rings. The molecule has 1 heteroatoms. The lowest BCUT2D eigenvalue weighted by atomic mass is 10.4. The van der Waals surface area contributed by atoms with Crippen LogP contribution in [0.2, 0.25) is 22.2 Å². The summed E-state index contributed by atoms with van der Waals surface area (Å²) in [7, 11) is -1.76. The first kappa shape index (κ1) is 12.8. The molecule has 4 rings (SSSR count). The van der Waals surface area contributed by atoms with Crippen molar-refractivity contribution in [1.29, 1.82) is 0 Å². The van der Waals surface area contributed by atoms with Crippen molar-refractivity contribution < 1.29 is 0 Å². The summed E-state index contributed by atoms with van der Waals surface area (Å²) in [5, 5.41) is 0. The van der Waals surface area contributed by atoms with Crippen LogP contribution in [0.3, 0.4) is 0 Å². The van der Waals surface area contributed by atoms with Gasteiger partial charge in [-0.05, 0) is 22.2 Å². The SMILES string of the molecule is C1=CC([Si](C2C=CC=C2)(C2C=CC=C2)C2C=CC=C2)C=C1. The number of rotatable bonds is 4. The zero-order valence-corrected chi connectivity index (χ0v) is 13.0. The minimum Gasteiger partial charge on any atom is -0.0802 e. The van der Waals surface area contributed by atoms with Crippen LogP contribution in [0.4, 0.5) is 0 Å². The Kier molecular flexibility index (Phi) is 3.15. The van der Waals surface area contributed by atoms with Crippen molar-refractivity contribution in [3.63, 3.8) is 0 Å². The van der Waals surface area contributed by atoms with Crippen LogP contribution in [-0.2, 0) is 0 Å². The normalized spacial score (nSPS) is 24.8. The first-order chi connectivity index (χ1) is 10.4. The highest BCUT2D eigenvalue weighted by atomic mass is 28.3. The van der Waals surface area contributed by atoms with Gasteiger partial charge in [-0.2, -0.15) is 0 Å². The summed E-state index contributed by atoms with van der Waals surface area (Å²) in [6.07, 6.45) is 37.4. The molecule has 0 N–H and O–H groups in total. The van der Waals surface area contributed by atoms with Gasteiger partial charge in [0.2, 0.25) is 0 Å². The smallest absolute Gasteiger partial charge is 0.0802 e. The third kappa shape index (κ3) is 1.88. The van der Waals surface area contributed by atoms with Crippen LogP contribution in [-0.4, -0.2) is 8.07 Å². The van der Waals surface area contributed by atoms with Gasteiger partial charge in [0.1, 0.15) is 0 Å².